The van der Waals surface area contributed by atoms with Crippen LogP contribution in [0.1, 0.15) is 43.6 Å². The summed E-state index contributed by atoms with van der Waals surface area (Å²) in [5, 5.41) is 15.1. The van der Waals surface area contributed by atoms with Crippen molar-refractivity contribution in [3.05, 3.63) is 47.2 Å². The molecule has 4 aromatic rings. The number of aliphatic carboxylic acids is 1. The van der Waals surface area contributed by atoms with Crippen LogP contribution in [0.2, 0.25) is 0 Å². The minimum Gasteiger partial charge on any atom is -0.493 e. The van der Waals surface area contributed by atoms with E-state index in [1.165, 1.54) is 16.9 Å². The van der Waals surface area contributed by atoms with Crippen LogP contribution in [0.25, 0.3) is 32.2 Å². The van der Waals surface area contributed by atoms with E-state index in [1.807, 2.05) is 65.2 Å². The summed E-state index contributed by atoms with van der Waals surface area (Å²) < 4.78 is 12.9. The van der Waals surface area contributed by atoms with E-state index in [-0.39, 0.29) is 0 Å². The van der Waals surface area contributed by atoms with Crippen LogP contribution >= 0.6 is 11.3 Å². The molecule has 2 aromatic carbocycles. The second-order valence-corrected chi connectivity index (χ2v) is 10.5. The Morgan fingerprint density at radius 2 is 2.09 bits per heavy atom. The molecule has 0 amide bonds. The lowest BCUT2D eigenvalue weighted by atomic mass is 9.89. The molecule has 3 heterocycles. The molecule has 5 rings (SSSR count). The van der Waals surface area contributed by atoms with E-state index in [0.29, 0.717) is 12.2 Å². The number of ether oxygens (including phenoxy) is 2. The molecule has 0 bridgehead atoms. The van der Waals surface area contributed by atoms with Crippen molar-refractivity contribution < 1.29 is 19.4 Å². The summed E-state index contributed by atoms with van der Waals surface area (Å²) >= 11 is 1.50. The largest absolute Gasteiger partial charge is 0.493 e. The van der Waals surface area contributed by atoms with Crippen molar-refractivity contribution in [1.82, 2.24) is 9.97 Å². The quantitative estimate of drug-likeness (QED) is 0.379. The van der Waals surface area contributed by atoms with Crippen LogP contribution in [0.5, 0.6) is 5.75 Å². The molecule has 0 saturated heterocycles. The van der Waals surface area contributed by atoms with Gasteiger partial charge >= 0.3 is 5.97 Å². The van der Waals surface area contributed by atoms with Gasteiger partial charge in [0, 0.05) is 41.7 Å². The summed E-state index contributed by atoms with van der Waals surface area (Å²) in [6.45, 7) is 8.14. The molecule has 8 heteroatoms. The number of thiazole rings is 1. The third-order valence-corrected chi connectivity index (χ3v) is 7.04. The molecule has 2 aromatic heterocycles. The zero-order valence-electron chi connectivity index (χ0n) is 19.9. The predicted octanol–water partition coefficient (Wildman–Crippen LogP) is 5.74. The van der Waals surface area contributed by atoms with Crippen LogP contribution in [0, 0.1) is 6.92 Å². The molecule has 176 valence electrons. The van der Waals surface area contributed by atoms with Crippen molar-refractivity contribution in [2.75, 3.05) is 19.0 Å². The number of hydrogen-bond donors (Lipinski definition) is 2. The van der Waals surface area contributed by atoms with Gasteiger partial charge in [-0.15, -0.1) is 0 Å². The Kier molecular flexibility index (Phi) is 5.45. The van der Waals surface area contributed by atoms with E-state index in [1.54, 1.807) is 0 Å². The topological polar surface area (TPSA) is 93.6 Å². The fraction of sp³-hybridized carbons (Fsp3) is 0.346. The molecule has 0 aliphatic carbocycles. The van der Waals surface area contributed by atoms with Gasteiger partial charge in [-0.1, -0.05) is 11.3 Å². The van der Waals surface area contributed by atoms with Crippen molar-refractivity contribution in [3.63, 3.8) is 0 Å². The molecule has 7 nitrogen and oxygen atoms in total. The smallest absolute Gasteiger partial charge is 0.337 e. The van der Waals surface area contributed by atoms with Gasteiger partial charge in [0.2, 0.25) is 0 Å². The molecule has 0 unspecified atom stereocenters. The number of nitrogens with one attached hydrogen (secondary N) is 1. The summed E-state index contributed by atoms with van der Waals surface area (Å²) in [6.07, 6.45) is 1.47. The normalized spacial score (nSPS) is 14.3. The zero-order valence-corrected chi connectivity index (χ0v) is 20.7. The number of rotatable bonds is 5. The molecule has 0 fully saturated rings. The minimum atomic E-state index is -1.15. The van der Waals surface area contributed by atoms with Crippen LogP contribution in [0.15, 0.2) is 30.5 Å². The number of benzene rings is 2. The van der Waals surface area contributed by atoms with Crippen LogP contribution in [0.4, 0.5) is 5.13 Å². The molecule has 1 aliphatic rings. The highest BCUT2D eigenvalue weighted by molar-refractivity contribution is 7.22. The van der Waals surface area contributed by atoms with Crippen molar-refractivity contribution in [1.29, 1.82) is 0 Å². The Morgan fingerprint density at radius 3 is 2.79 bits per heavy atom. The van der Waals surface area contributed by atoms with E-state index in [0.717, 1.165) is 55.1 Å². The number of nitrogens with zero attached hydrogens (tertiary/aromatic N) is 2. The average Bonchev–Trinajstić information content (AvgIpc) is 3.20. The maximum atomic E-state index is 12.6. The first-order valence-electron chi connectivity index (χ1n) is 11.2. The first-order valence-corrected chi connectivity index (χ1v) is 12.1. The Hall–Kier alpha value is -3.23. The Balaban J connectivity index is 1.90. The SMILES string of the molecule is CNc1nc2cc(C)c([C@H](OC(C)(C)C)C(=O)O)c(-c3ccc4c5c(ccnc35)CCO4)c2s1. The van der Waals surface area contributed by atoms with Crippen molar-refractivity contribution in [2.24, 2.45) is 0 Å². The fourth-order valence-corrected chi connectivity index (χ4v) is 5.58. The summed E-state index contributed by atoms with van der Waals surface area (Å²) in [5.74, 6) is -0.226. The number of carbonyl (C=O) groups is 1. The number of aromatic nitrogens is 2. The molecule has 1 aliphatic heterocycles. The lowest BCUT2D eigenvalue weighted by Gasteiger charge is -2.28. The molecule has 2 N–H and O–H groups in total. The van der Waals surface area contributed by atoms with Gasteiger partial charge in [0.15, 0.2) is 11.2 Å². The first kappa shape index (κ1) is 22.6. The van der Waals surface area contributed by atoms with Gasteiger partial charge in [0.25, 0.3) is 0 Å². The number of hydrogen-bond acceptors (Lipinski definition) is 7. The minimum absolute atomic E-state index is 0.625. The van der Waals surface area contributed by atoms with E-state index in [9.17, 15) is 9.90 Å². The number of aryl methyl sites for hydroxylation is 1. The van der Waals surface area contributed by atoms with Crippen molar-refractivity contribution in [3.8, 4) is 16.9 Å². The fourth-order valence-electron chi connectivity index (χ4n) is 4.61. The van der Waals surface area contributed by atoms with Crippen molar-refractivity contribution in [2.45, 2.75) is 45.8 Å². The zero-order chi connectivity index (χ0) is 24.2. The van der Waals surface area contributed by atoms with Gasteiger partial charge in [-0.25, -0.2) is 9.78 Å². The van der Waals surface area contributed by atoms with Gasteiger partial charge < -0.3 is 19.9 Å². The second-order valence-electron chi connectivity index (χ2n) is 9.45. The summed E-state index contributed by atoms with van der Waals surface area (Å²) in [4.78, 5) is 22.0. The van der Waals surface area contributed by atoms with Gasteiger partial charge in [-0.05, 0) is 63.1 Å². The van der Waals surface area contributed by atoms with Crippen LogP contribution in [0.3, 0.4) is 0 Å². The number of carboxylic acid groups (broad SMARTS) is 1. The van der Waals surface area contributed by atoms with Crippen molar-refractivity contribution >= 4 is 43.6 Å². The molecule has 34 heavy (non-hydrogen) atoms. The van der Waals surface area contributed by atoms with E-state index in [2.05, 4.69) is 5.32 Å². The molecule has 0 spiro atoms. The lowest BCUT2D eigenvalue weighted by Crippen LogP contribution is -2.28. The standard InChI is InChI=1S/C26H27N3O4S/c1-13-12-16-23(34-25(27-5)29-16)20(18(13)22(24(30)31)33-26(2,3)4)15-6-7-17-19-14(9-11-32-17)8-10-28-21(15)19/h6-8,10,12,22H,9,11H2,1-5H3,(H,27,29)(H,30,31)/t22-/m0/s1. The van der Waals surface area contributed by atoms with E-state index in [4.69, 9.17) is 19.4 Å². The third-order valence-electron chi connectivity index (χ3n) is 5.94. The van der Waals surface area contributed by atoms with E-state index >= 15 is 0 Å². The highest BCUT2D eigenvalue weighted by Crippen LogP contribution is 2.46. The van der Waals surface area contributed by atoms with Crippen LogP contribution < -0.4 is 10.1 Å². The highest BCUT2D eigenvalue weighted by Gasteiger charge is 2.33. The first-order chi connectivity index (χ1) is 16.2. The third kappa shape index (κ3) is 3.76. The molecular formula is C26H27N3O4S. The second kappa shape index (κ2) is 8.21. The maximum Gasteiger partial charge on any atom is 0.337 e. The number of anilines is 1. The Morgan fingerprint density at radius 1 is 1.29 bits per heavy atom. The lowest BCUT2D eigenvalue weighted by molar-refractivity contribution is -0.160. The Labute approximate surface area is 201 Å². The Bertz CT molecular complexity index is 1430. The summed E-state index contributed by atoms with van der Waals surface area (Å²) in [7, 11) is 1.83. The van der Waals surface area contributed by atoms with Gasteiger partial charge in [0.1, 0.15) is 5.75 Å². The van der Waals surface area contributed by atoms with Crippen LogP contribution in [-0.4, -0.2) is 40.3 Å². The predicted molar refractivity (Wildman–Crippen MR) is 135 cm³/mol. The number of fused-ring (bicyclic) bond motifs is 1. The summed E-state index contributed by atoms with van der Waals surface area (Å²) in [5.41, 5.74) is 5.21. The monoisotopic (exact) mass is 477 g/mol. The highest BCUT2D eigenvalue weighted by atomic mass is 32.1. The maximum absolute atomic E-state index is 12.6. The van der Waals surface area contributed by atoms with Gasteiger partial charge in [-0.3, -0.25) is 4.98 Å². The van der Waals surface area contributed by atoms with Crippen LogP contribution in [-0.2, 0) is 16.0 Å². The van der Waals surface area contributed by atoms with E-state index < -0.39 is 17.7 Å². The van der Waals surface area contributed by atoms with Gasteiger partial charge in [0.05, 0.1) is 27.9 Å². The van der Waals surface area contributed by atoms with Gasteiger partial charge in [-0.2, -0.15) is 0 Å². The molecule has 0 saturated carbocycles. The summed E-state index contributed by atoms with van der Waals surface area (Å²) in [6, 6.07) is 7.90. The number of pyridine rings is 1. The molecule has 0 radical (unpaired) electrons. The molecular weight excluding hydrogens is 450 g/mol. The average molecular weight is 478 g/mol. The number of carboxylic acids is 1. The molecule has 1 atom stereocenters.